The molecule has 1 unspecified atom stereocenters. The molecular weight excluding hydrogens is 360 g/mol. The quantitative estimate of drug-likeness (QED) is 0.786. The molecule has 0 bridgehead atoms. The van der Waals surface area contributed by atoms with Crippen LogP contribution in [0.2, 0.25) is 0 Å². The van der Waals surface area contributed by atoms with E-state index in [1.807, 2.05) is 39.0 Å². The highest BCUT2D eigenvalue weighted by molar-refractivity contribution is 6.16. The Bertz CT molecular complexity index is 925. The Balaban J connectivity index is 1.82. The average Bonchev–Trinajstić information content (AvgIpc) is 2.62. The Morgan fingerprint density at radius 3 is 2.57 bits per heavy atom. The van der Waals surface area contributed by atoms with Crippen LogP contribution in [0.15, 0.2) is 35.0 Å². The Labute approximate surface area is 163 Å². The van der Waals surface area contributed by atoms with E-state index >= 15 is 0 Å². The second-order valence-corrected chi connectivity index (χ2v) is 6.76. The second kappa shape index (κ2) is 7.75. The molecule has 0 saturated heterocycles. The highest BCUT2D eigenvalue weighted by Gasteiger charge is 2.50. The number of aryl methyl sites for hydroxylation is 2. The molecule has 0 aromatic heterocycles. The van der Waals surface area contributed by atoms with Crippen molar-refractivity contribution in [2.24, 2.45) is 10.9 Å². The van der Waals surface area contributed by atoms with E-state index in [-0.39, 0.29) is 6.54 Å². The summed E-state index contributed by atoms with van der Waals surface area (Å²) in [5.74, 6) is -1.10. The van der Waals surface area contributed by atoms with Gasteiger partial charge in [-0.2, -0.15) is 9.48 Å². The van der Waals surface area contributed by atoms with Crippen LogP contribution < -0.4 is 5.32 Å². The van der Waals surface area contributed by atoms with E-state index in [2.05, 4.69) is 10.3 Å². The van der Waals surface area contributed by atoms with Crippen LogP contribution in [-0.4, -0.2) is 59.6 Å². The van der Waals surface area contributed by atoms with Gasteiger partial charge in [0.15, 0.2) is 12.5 Å². The van der Waals surface area contributed by atoms with Crippen LogP contribution in [0.1, 0.15) is 18.1 Å². The number of nitrogens with one attached hydrogen (secondary N) is 1. The number of fused-ring (bicyclic) bond motifs is 1. The summed E-state index contributed by atoms with van der Waals surface area (Å²) in [6.07, 6.45) is 3.10. The largest absolute Gasteiger partial charge is 0.497 e. The van der Waals surface area contributed by atoms with Gasteiger partial charge in [-0.05, 0) is 44.0 Å². The number of carbonyl (C=O) groups is 3. The van der Waals surface area contributed by atoms with Crippen molar-refractivity contribution in [1.29, 1.82) is 0 Å². The van der Waals surface area contributed by atoms with Gasteiger partial charge < -0.3 is 10.1 Å². The number of imide groups is 1. The number of carbonyl (C=O) groups excluding carboxylic acids is 3. The number of aliphatic imine (C=N–C) groups is 1. The van der Waals surface area contributed by atoms with Crippen molar-refractivity contribution in [3.63, 3.8) is 0 Å². The van der Waals surface area contributed by atoms with E-state index in [1.165, 1.54) is 17.8 Å². The number of allylic oxidation sites excluding steroid dienone is 1. The lowest BCUT2D eigenvalue weighted by molar-refractivity contribution is -0.408. The molecule has 0 spiro atoms. The van der Waals surface area contributed by atoms with Crippen molar-refractivity contribution in [1.82, 2.24) is 4.90 Å². The lowest BCUT2D eigenvalue weighted by Gasteiger charge is -2.28. The fraction of sp³-hybridized carbons (Fsp3) is 0.350. The van der Waals surface area contributed by atoms with Gasteiger partial charge in [0.2, 0.25) is 0 Å². The SMILES string of the molecule is CCOC1=CC=NC2=[N+](C)C(=O)N(CC(=O)Nc3cc(C)cc(C)c3)C(=O)C12. The van der Waals surface area contributed by atoms with Gasteiger partial charge in [-0.15, -0.1) is 4.99 Å². The van der Waals surface area contributed by atoms with Crippen molar-refractivity contribution in [3.05, 3.63) is 41.2 Å². The molecule has 28 heavy (non-hydrogen) atoms. The zero-order valence-corrected chi connectivity index (χ0v) is 16.4. The van der Waals surface area contributed by atoms with Crippen molar-refractivity contribution >= 4 is 35.6 Å². The van der Waals surface area contributed by atoms with E-state index in [0.717, 1.165) is 16.0 Å². The first kappa shape index (κ1) is 19.5. The molecule has 2 heterocycles. The van der Waals surface area contributed by atoms with E-state index in [4.69, 9.17) is 4.74 Å². The van der Waals surface area contributed by atoms with Gasteiger partial charge in [0.05, 0.1) is 13.7 Å². The summed E-state index contributed by atoms with van der Waals surface area (Å²) in [6, 6.07) is 5.05. The maximum atomic E-state index is 13.0. The van der Waals surface area contributed by atoms with E-state index in [0.29, 0.717) is 23.9 Å². The standard InChI is InChI=1S/C20H22N4O4/c1-5-28-15-6-7-21-18-17(15)19(26)24(20(27)23(18)4)11-16(25)22-14-9-12(2)8-13(3)10-14/h6-10,17H,5,11H2,1-4H3/p+1. The first-order valence-electron chi connectivity index (χ1n) is 9.03. The zero-order valence-electron chi connectivity index (χ0n) is 16.4. The van der Waals surface area contributed by atoms with Crippen molar-refractivity contribution in [2.75, 3.05) is 25.5 Å². The summed E-state index contributed by atoms with van der Waals surface area (Å²) in [6.45, 7) is 5.66. The Kier molecular flexibility index (Phi) is 5.39. The summed E-state index contributed by atoms with van der Waals surface area (Å²) in [5, 5.41) is 2.75. The number of nitrogens with zero attached hydrogens (tertiary/aromatic N) is 3. The highest BCUT2D eigenvalue weighted by atomic mass is 16.5. The molecule has 2 aliphatic rings. The number of ether oxygens (including phenoxy) is 1. The van der Waals surface area contributed by atoms with Crippen molar-refractivity contribution in [2.45, 2.75) is 20.8 Å². The summed E-state index contributed by atoms with van der Waals surface area (Å²) in [4.78, 5) is 43.2. The minimum absolute atomic E-state index is 0.298. The number of rotatable bonds is 5. The lowest BCUT2D eigenvalue weighted by atomic mass is 9.99. The van der Waals surface area contributed by atoms with Crippen LogP contribution in [0.4, 0.5) is 10.5 Å². The summed E-state index contributed by atoms with van der Waals surface area (Å²) < 4.78 is 6.82. The van der Waals surface area contributed by atoms with E-state index in [9.17, 15) is 14.4 Å². The highest BCUT2D eigenvalue weighted by Crippen LogP contribution is 2.25. The third kappa shape index (κ3) is 3.71. The van der Waals surface area contributed by atoms with E-state index < -0.39 is 23.8 Å². The fourth-order valence-corrected chi connectivity index (χ4v) is 3.36. The Morgan fingerprint density at radius 2 is 1.93 bits per heavy atom. The van der Waals surface area contributed by atoms with Crippen molar-refractivity contribution in [3.8, 4) is 0 Å². The molecule has 2 aliphatic heterocycles. The number of hydrogen-bond acceptors (Lipinski definition) is 5. The summed E-state index contributed by atoms with van der Waals surface area (Å²) in [7, 11) is 1.53. The normalized spacial score (nSPS) is 18.8. The molecule has 8 heteroatoms. The fourth-order valence-electron chi connectivity index (χ4n) is 3.36. The molecule has 8 nitrogen and oxygen atoms in total. The van der Waals surface area contributed by atoms with Crippen LogP contribution in [0, 0.1) is 19.8 Å². The third-order valence-electron chi connectivity index (χ3n) is 4.48. The minimum Gasteiger partial charge on any atom is -0.497 e. The van der Waals surface area contributed by atoms with Gasteiger partial charge in [0.25, 0.3) is 11.7 Å². The molecular formula is C20H23N4O4+. The monoisotopic (exact) mass is 383 g/mol. The molecule has 0 radical (unpaired) electrons. The first-order chi connectivity index (χ1) is 13.3. The van der Waals surface area contributed by atoms with Gasteiger partial charge in [0.1, 0.15) is 12.0 Å². The average molecular weight is 383 g/mol. The molecule has 1 aromatic carbocycles. The molecule has 3 rings (SSSR count). The van der Waals surface area contributed by atoms with Crippen LogP contribution in [0.3, 0.4) is 0 Å². The number of hydrogen-bond donors (Lipinski definition) is 1. The van der Waals surface area contributed by atoms with Crippen LogP contribution in [-0.2, 0) is 14.3 Å². The zero-order chi connectivity index (χ0) is 20.4. The van der Waals surface area contributed by atoms with Gasteiger partial charge >= 0.3 is 11.9 Å². The Hall–Kier alpha value is -3.29. The predicted octanol–water partition coefficient (Wildman–Crippen LogP) is 1.87. The molecule has 0 fully saturated rings. The molecule has 0 saturated carbocycles. The van der Waals surface area contributed by atoms with E-state index in [1.54, 1.807) is 6.08 Å². The Morgan fingerprint density at radius 1 is 1.25 bits per heavy atom. The molecule has 1 N–H and O–H groups in total. The number of dihydropyridines is 1. The maximum Gasteiger partial charge on any atom is 0.446 e. The molecule has 4 amide bonds. The van der Waals surface area contributed by atoms with Gasteiger partial charge in [-0.1, -0.05) is 6.07 Å². The maximum absolute atomic E-state index is 13.0. The number of urea groups is 1. The van der Waals surface area contributed by atoms with Gasteiger partial charge in [-0.25, -0.2) is 4.79 Å². The van der Waals surface area contributed by atoms with Crippen molar-refractivity contribution < 1.29 is 23.7 Å². The molecule has 1 aromatic rings. The van der Waals surface area contributed by atoms with Gasteiger partial charge in [0, 0.05) is 11.8 Å². The van der Waals surface area contributed by atoms with Crippen LogP contribution in [0.25, 0.3) is 0 Å². The number of amides is 4. The summed E-state index contributed by atoms with van der Waals surface area (Å²) >= 11 is 0. The molecule has 146 valence electrons. The second-order valence-electron chi connectivity index (χ2n) is 6.76. The first-order valence-corrected chi connectivity index (χ1v) is 9.03. The third-order valence-corrected chi connectivity index (χ3v) is 4.48. The lowest BCUT2D eigenvalue weighted by Crippen LogP contribution is -2.56. The van der Waals surface area contributed by atoms with Gasteiger partial charge in [-0.3, -0.25) is 9.59 Å². The number of benzene rings is 1. The summed E-state index contributed by atoms with van der Waals surface area (Å²) in [5.41, 5.74) is 2.63. The number of amidine groups is 1. The van der Waals surface area contributed by atoms with Crippen LogP contribution >= 0.6 is 0 Å². The smallest absolute Gasteiger partial charge is 0.446 e. The topological polar surface area (TPSA) is 91.1 Å². The minimum atomic E-state index is -0.832. The predicted molar refractivity (Wildman–Crippen MR) is 105 cm³/mol. The number of anilines is 1. The molecule has 1 atom stereocenters. The van der Waals surface area contributed by atoms with Crippen LogP contribution in [0.5, 0.6) is 0 Å². The molecule has 0 aliphatic carbocycles.